The zero-order valence-electron chi connectivity index (χ0n) is 11.7. The molecule has 0 unspecified atom stereocenters. The van der Waals surface area contributed by atoms with Gasteiger partial charge in [-0.1, -0.05) is 42.5 Å². The van der Waals surface area contributed by atoms with Crippen molar-refractivity contribution >= 4 is 33.2 Å². The van der Waals surface area contributed by atoms with Crippen LogP contribution < -0.4 is 10.5 Å². The number of hydrogen-bond acceptors (Lipinski definition) is 3. The van der Waals surface area contributed by atoms with E-state index in [1.165, 1.54) is 25.3 Å². The van der Waals surface area contributed by atoms with Gasteiger partial charge in [0.05, 0.1) is 5.02 Å². The molecule has 0 radical (unpaired) electrons. The fourth-order valence-corrected chi connectivity index (χ4v) is 4.72. The molecule has 0 heterocycles. The van der Waals surface area contributed by atoms with Gasteiger partial charge in [0.2, 0.25) is 10.0 Å². The second kappa shape index (κ2) is 7.29. The van der Waals surface area contributed by atoms with Crippen LogP contribution >= 0.6 is 23.2 Å². The highest BCUT2D eigenvalue weighted by Crippen LogP contribution is 2.30. The summed E-state index contributed by atoms with van der Waals surface area (Å²) in [6.07, 6.45) is 5.71. The fourth-order valence-electron chi connectivity index (χ4n) is 2.66. The molecular formula is C14H20Cl2N2O2S. The molecule has 0 atom stereocenters. The van der Waals surface area contributed by atoms with Crippen LogP contribution in [0.15, 0.2) is 17.0 Å². The molecule has 1 aromatic carbocycles. The van der Waals surface area contributed by atoms with E-state index in [-0.39, 0.29) is 16.5 Å². The van der Waals surface area contributed by atoms with E-state index in [1.54, 1.807) is 6.07 Å². The van der Waals surface area contributed by atoms with Gasteiger partial charge in [-0.3, -0.25) is 0 Å². The van der Waals surface area contributed by atoms with Gasteiger partial charge in [0.25, 0.3) is 0 Å². The summed E-state index contributed by atoms with van der Waals surface area (Å²) in [5, 5.41) is 0.468. The average Bonchev–Trinajstić information content (AvgIpc) is 2.48. The predicted octanol–water partition coefficient (Wildman–Crippen LogP) is 3.31. The first-order chi connectivity index (χ1) is 9.94. The zero-order valence-corrected chi connectivity index (χ0v) is 14.1. The van der Waals surface area contributed by atoms with Crippen LogP contribution in [0.3, 0.4) is 0 Å². The lowest BCUT2D eigenvalue weighted by atomic mass is 9.90. The zero-order chi connectivity index (χ0) is 15.5. The van der Waals surface area contributed by atoms with Gasteiger partial charge in [0, 0.05) is 18.1 Å². The first-order valence-electron chi connectivity index (χ1n) is 7.11. The van der Waals surface area contributed by atoms with E-state index in [1.807, 2.05) is 0 Å². The van der Waals surface area contributed by atoms with Crippen molar-refractivity contribution in [3.05, 3.63) is 27.7 Å². The van der Waals surface area contributed by atoms with Crippen molar-refractivity contribution in [3.8, 4) is 0 Å². The van der Waals surface area contributed by atoms with Crippen LogP contribution in [0.1, 0.15) is 37.7 Å². The molecule has 2 rings (SSSR count). The summed E-state index contributed by atoms with van der Waals surface area (Å²) in [6.45, 7) is 0.591. The molecule has 7 heteroatoms. The predicted molar refractivity (Wildman–Crippen MR) is 86.1 cm³/mol. The number of hydrogen-bond donors (Lipinski definition) is 2. The topological polar surface area (TPSA) is 72.2 Å². The van der Waals surface area contributed by atoms with Crippen LogP contribution in [0, 0.1) is 5.92 Å². The Hall–Kier alpha value is -0.330. The standard InChI is InChI=1S/C14H20Cl2N2O2S/c15-12-6-11(8-17)14(16)13(7-12)21(19,20)18-9-10-4-2-1-3-5-10/h6-7,10,18H,1-5,8-9,17H2. The molecule has 0 aliphatic heterocycles. The Kier molecular flexibility index (Phi) is 5.91. The number of rotatable bonds is 5. The maximum absolute atomic E-state index is 12.4. The number of benzene rings is 1. The highest BCUT2D eigenvalue weighted by Gasteiger charge is 2.23. The van der Waals surface area contributed by atoms with Crippen molar-refractivity contribution in [2.45, 2.75) is 43.5 Å². The maximum Gasteiger partial charge on any atom is 0.242 e. The second-order valence-corrected chi connectivity index (χ2v) is 7.99. The van der Waals surface area contributed by atoms with E-state index in [2.05, 4.69) is 4.72 Å². The van der Waals surface area contributed by atoms with Crippen molar-refractivity contribution in [2.75, 3.05) is 6.54 Å². The smallest absolute Gasteiger partial charge is 0.242 e. The molecule has 1 aliphatic rings. The summed E-state index contributed by atoms with van der Waals surface area (Å²) in [5.74, 6) is 0.403. The Balaban J connectivity index is 2.17. The molecule has 1 fully saturated rings. The molecule has 4 nitrogen and oxygen atoms in total. The third-order valence-electron chi connectivity index (χ3n) is 3.88. The minimum absolute atomic E-state index is 0.00734. The van der Waals surface area contributed by atoms with Crippen LogP contribution in [-0.4, -0.2) is 15.0 Å². The lowest BCUT2D eigenvalue weighted by molar-refractivity contribution is 0.357. The molecule has 0 amide bonds. The van der Waals surface area contributed by atoms with Crippen LogP contribution in [0.2, 0.25) is 10.0 Å². The van der Waals surface area contributed by atoms with E-state index < -0.39 is 10.0 Å². The third-order valence-corrected chi connectivity index (χ3v) is 6.10. The normalized spacial score (nSPS) is 17.1. The largest absolute Gasteiger partial charge is 0.326 e. The highest BCUT2D eigenvalue weighted by molar-refractivity contribution is 7.89. The number of nitrogens with two attached hydrogens (primary N) is 1. The molecule has 0 saturated heterocycles. The summed E-state index contributed by atoms with van der Waals surface area (Å²) in [6, 6.07) is 2.95. The molecule has 118 valence electrons. The van der Waals surface area contributed by atoms with Crippen molar-refractivity contribution < 1.29 is 8.42 Å². The Morgan fingerprint density at radius 3 is 2.48 bits per heavy atom. The summed E-state index contributed by atoms with van der Waals surface area (Å²) in [4.78, 5) is 0.00734. The van der Waals surface area contributed by atoms with Gasteiger partial charge in [-0.05, 0) is 36.5 Å². The Labute approximate surface area is 136 Å². The maximum atomic E-state index is 12.4. The Bertz CT molecular complexity index is 599. The van der Waals surface area contributed by atoms with Crippen molar-refractivity contribution in [1.29, 1.82) is 0 Å². The van der Waals surface area contributed by atoms with Crippen molar-refractivity contribution in [3.63, 3.8) is 0 Å². The quantitative estimate of drug-likeness (QED) is 0.855. The third kappa shape index (κ3) is 4.33. The van der Waals surface area contributed by atoms with Gasteiger partial charge in [-0.2, -0.15) is 0 Å². The van der Waals surface area contributed by atoms with Gasteiger partial charge >= 0.3 is 0 Å². The fraction of sp³-hybridized carbons (Fsp3) is 0.571. The average molecular weight is 351 g/mol. The van der Waals surface area contributed by atoms with Gasteiger partial charge in [-0.15, -0.1) is 0 Å². The lowest BCUT2D eigenvalue weighted by Gasteiger charge is -2.22. The van der Waals surface area contributed by atoms with Gasteiger partial charge in [0.15, 0.2) is 0 Å². The van der Waals surface area contributed by atoms with Crippen molar-refractivity contribution in [2.24, 2.45) is 11.7 Å². The van der Waals surface area contributed by atoms with Crippen molar-refractivity contribution in [1.82, 2.24) is 4.72 Å². The van der Waals surface area contributed by atoms with Gasteiger partial charge < -0.3 is 5.73 Å². The molecule has 1 aromatic rings. The van der Waals surface area contributed by atoms with Crippen LogP contribution in [0.25, 0.3) is 0 Å². The minimum atomic E-state index is -3.67. The Morgan fingerprint density at radius 2 is 1.86 bits per heavy atom. The monoisotopic (exact) mass is 350 g/mol. The van der Waals surface area contributed by atoms with Gasteiger partial charge in [0.1, 0.15) is 4.90 Å². The first kappa shape index (κ1) is 17.0. The highest BCUT2D eigenvalue weighted by atomic mass is 35.5. The van der Waals surface area contributed by atoms with Crippen LogP contribution in [0.4, 0.5) is 0 Å². The van der Waals surface area contributed by atoms with Crippen LogP contribution in [0.5, 0.6) is 0 Å². The molecular weight excluding hydrogens is 331 g/mol. The first-order valence-corrected chi connectivity index (χ1v) is 9.35. The Morgan fingerprint density at radius 1 is 1.19 bits per heavy atom. The van der Waals surface area contributed by atoms with E-state index in [4.69, 9.17) is 28.9 Å². The van der Waals surface area contributed by atoms with Crippen LogP contribution in [-0.2, 0) is 16.6 Å². The number of sulfonamides is 1. The minimum Gasteiger partial charge on any atom is -0.326 e. The number of halogens is 2. The summed E-state index contributed by atoms with van der Waals surface area (Å²) in [7, 11) is -3.67. The van der Waals surface area contributed by atoms with E-state index in [0.717, 1.165) is 12.8 Å². The summed E-state index contributed by atoms with van der Waals surface area (Å²) < 4.78 is 27.5. The van der Waals surface area contributed by atoms with E-state index in [9.17, 15) is 8.42 Å². The molecule has 0 spiro atoms. The lowest BCUT2D eigenvalue weighted by Crippen LogP contribution is -2.30. The molecule has 3 N–H and O–H groups in total. The number of nitrogens with one attached hydrogen (secondary N) is 1. The molecule has 1 aliphatic carbocycles. The summed E-state index contributed by atoms with van der Waals surface area (Å²) in [5.41, 5.74) is 6.09. The van der Waals surface area contributed by atoms with E-state index >= 15 is 0 Å². The molecule has 1 saturated carbocycles. The SMILES string of the molecule is NCc1cc(Cl)cc(S(=O)(=O)NCC2CCCCC2)c1Cl. The molecule has 0 bridgehead atoms. The second-order valence-electron chi connectivity index (χ2n) is 5.44. The van der Waals surface area contributed by atoms with Gasteiger partial charge in [-0.25, -0.2) is 13.1 Å². The summed E-state index contributed by atoms with van der Waals surface area (Å²) >= 11 is 12.1. The van der Waals surface area contributed by atoms with E-state index in [0.29, 0.717) is 23.0 Å². The molecule has 0 aromatic heterocycles. The molecule has 21 heavy (non-hydrogen) atoms.